The van der Waals surface area contributed by atoms with Crippen molar-refractivity contribution in [2.45, 2.75) is 26.2 Å². The molecule has 1 N–H and O–H groups in total. The topological polar surface area (TPSA) is 45.8 Å². The van der Waals surface area contributed by atoms with Crippen LogP contribution in [0, 0.1) is 0 Å². The summed E-state index contributed by atoms with van der Waals surface area (Å²) in [4.78, 5) is 12.7. The first-order valence-electron chi connectivity index (χ1n) is 7.14. The number of benzene rings is 2. The number of nitrogens with one attached hydrogen (secondary N) is 1. The van der Waals surface area contributed by atoms with Gasteiger partial charge in [-0.05, 0) is 17.0 Å². The normalized spacial score (nSPS) is 13.6. The lowest BCUT2D eigenvalue weighted by Crippen LogP contribution is -2.14. The lowest BCUT2D eigenvalue weighted by atomic mass is 9.81. The Morgan fingerprint density at radius 3 is 2.38 bits per heavy atom. The van der Waals surface area contributed by atoms with Gasteiger partial charge in [0.2, 0.25) is 0 Å². The van der Waals surface area contributed by atoms with E-state index in [-0.39, 0.29) is 11.2 Å². The predicted molar refractivity (Wildman–Crippen MR) is 83.7 cm³/mol. The van der Waals surface area contributed by atoms with Crippen molar-refractivity contribution in [3.63, 3.8) is 0 Å². The average Bonchev–Trinajstić information content (AvgIpc) is 2.88. The van der Waals surface area contributed by atoms with E-state index in [2.05, 4.69) is 31.0 Å². The van der Waals surface area contributed by atoms with Crippen molar-refractivity contribution >= 4 is 16.7 Å². The fraction of sp³-hybridized carbons (Fsp3) is 0.222. The van der Waals surface area contributed by atoms with Gasteiger partial charge in [0.25, 0.3) is 0 Å². The molecule has 0 unspecified atom stereocenters. The second-order valence-electron chi connectivity index (χ2n) is 6.61. The third-order valence-electron chi connectivity index (χ3n) is 4.20. The lowest BCUT2D eigenvalue weighted by molar-refractivity contribution is 0.104. The molecule has 3 nitrogen and oxygen atoms in total. The Morgan fingerprint density at radius 1 is 0.952 bits per heavy atom. The molecule has 1 aliphatic rings. The maximum absolute atomic E-state index is 12.7. The molecule has 104 valence electrons. The molecule has 0 bridgehead atoms. The summed E-state index contributed by atoms with van der Waals surface area (Å²) >= 11 is 0. The highest BCUT2D eigenvalue weighted by atomic mass is 16.1. The zero-order chi connectivity index (χ0) is 14.8. The molecule has 3 heteroatoms. The van der Waals surface area contributed by atoms with Crippen molar-refractivity contribution in [1.29, 1.82) is 0 Å². The van der Waals surface area contributed by atoms with Crippen LogP contribution in [0.25, 0.3) is 22.2 Å². The highest BCUT2D eigenvalue weighted by Crippen LogP contribution is 2.41. The Bertz CT molecular complexity index is 897. The van der Waals surface area contributed by atoms with Gasteiger partial charge in [-0.3, -0.25) is 9.89 Å². The molecule has 1 heterocycles. The van der Waals surface area contributed by atoms with E-state index >= 15 is 0 Å². The Balaban J connectivity index is 2.16. The number of fused-ring (bicyclic) bond motifs is 2. The van der Waals surface area contributed by atoms with E-state index in [9.17, 15) is 4.79 Å². The Labute approximate surface area is 123 Å². The number of ketones is 1. The van der Waals surface area contributed by atoms with Crippen molar-refractivity contribution < 1.29 is 4.79 Å². The van der Waals surface area contributed by atoms with Crippen molar-refractivity contribution in [2.24, 2.45) is 0 Å². The molecule has 0 amide bonds. The van der Waals surface area contributed by atoms with E-state index in [1.54, 1.807) is 0 Å². The second-order valence-corrected chi connectivity index (χ2v) is 6.61. The molecule has 0 spiro atoms. The van der Waals surface area contributed by atoms with Crippen molar-refractivity contribution in [2.75, 3.05) is 0 Å². The summed E-state index contributed by atoms with van der Waals surface area (Å²) in [6.45, 7) is 6.49. The third kappa shape index (κ3) is 1.54. The monoisotopic (exact) mass is 276 g/mol. The summed E-state index contributed by atoms with van der Waals surface area (Å²) in [5.74, 6) is 0.0879. The first kappa shape index (κ1) is 12.3. The highest BCUT2D eigenvalue weighted by molar-refractivity contribution is 6.25. The molecule has 21 heavy (non-hydrogen) atoms. The molecule has 0 saturated heterocycles. The first-order chi connectivity index (χ1) is 9.98. The minimum absolute atomic E-state index is 0.00892. The lowest BCUT2D eigenvalue weighted by Gasteiger charge is -2.21. The van der Waals surface area contributed by atoms with Gasteiger partial charge in [0.15, 0.2) is 5.78 Å². The average molecular weight is 276 g/mol. The van der Waals surface area contributed by atoms with Gasteiger partial charge in [-0.1, -0.05) is 51.1 Å². The second kappa shape index (κ2) is 3.82. The summed E-state index contributed by atoms with van der Waals surface area (Å²) < 4.78 is 0. The number of H-pyrrole nitrogens is 1. The summed E-state index contributed by atoms with van der Waals surface area (Å²) in [7, 11) is 0. The van der Waals surface area contributed by atoms with Gasteiger partial charge >= 0.3 is 0 Å². The maximum atomic E-state index is 12.7. The zero-order valence-corrected chi connectivity index (χ0v) is 12.3. The van der Waals surface area contributed by atoms with Crippen LogP contribution in [0.1, 0.15) is 42.3 Å². The fourth-order valence-corrected chi connectivity index (χ4v) is 3.16. The SMILES string of the molecule is CC(C)(C)c1ccc2c3c([nH]nc13)-c1ccccc1C2=O. The Hall–Kier alpha value is -2.42. The summed E-state index contributed by atoms with van der Waals surface area (Å²) in [5, 5.41) is 8.62. The van der Waals surface area contributed by atoms with Crippen LogP contribution >= 0.6 is 0 Å². The minimum Gasteiger partial charge on any atom is -0.289 e. The molecule has 0 radical (unpaired) electrons. The maximum Gasteiger partial charge on any atom is 0.194 e. The van der Waals surface area contributed by atoms with Gasteiger partial charge in [0.05, 0.1) is 11.2 Å². The molecular formula is C18H16N2O. The van der Waals surface area contributed by atoms with Gasteiger partial charge in [0, 0.05) is 22.1 Å². The Morgan fingerprint density at radius 2 is 1.67 bits per heavy atom. The largest absolute Gasteiger partial charge is 0.289 e. The van der Waals surface area contributed by atoms with Crippen LogP contribution < -0.4 is 0 Å². The highest BCUT2D eigenvalue weighted by Gasteiger charge is 2.29. The molecule has 3 aromatic rings. The number of carbonyl (C=O) groups is 1. The molecule has 0 atom stereocenters. The van der Waals surface area contributed by atoms with Crippen LogP contribution in [-0.4, -0.2) is 16.0 Å². The van der Waals surface area contributed by atoms with E-state index in [0.717, 1.165) is 38.9 Å². The third-order valence-corrected chi connectivity index (χ3v) is 4.20. The van der Waals surface area contributed by atoms with E-state index < -0.39 is 0 Å². The number of aromatic amines is 1. The summed E-state index contributed by atoms with van der Waals surface area (Å²) in [6, 6.07) is 11.7. The molecular weight excluding hydrogens is 260 g/mol. The van der Waals surface area contributed by atoms with Crippen LogP contribution in [0.2, 0.25) is 0 Å². The molecule has 1 aliphatic carbocycles. The number of aromatic nitrogens is 2. The van der Waals surface area contributed by atoms with E-state index in [1.807, 2.05) is 36.4 Å². The number of hydrogen-bond acceptors (Lipinski definition) is 2. The van der Waals surface area contributed by atoms with Crippen LogP contribution in [0.4, 0.5) is 0 Å². The standard InChI is InChI=1S/C18H16N2O/c1-18(2,3)13-9-8-12-14-15(19-20-16(13)14)10-6-4-5-7-11(10)17(12)21/h4-9H,1-3H3,(H,19,20). The number of carbonyl (C=O) groups excluding carboxylic acids is 1. The summed E-state index contributed by atoms with van der Waals surface area (Å²) in [6.07, 6.45) is 0. The zero-order valence-electron chi connectivity index (χ0n) is 12.3. The van der Waals surface area contributed by atoms with E-state index in [0.29, 0.717) is 0 Å². The molecule has 0 saturated carbocycles. The van der Waals surface area contributed by atoms with Gasteiger partial charge < -0.3 is 0 Å². The number of rotatable bonds is 0. The molecule has 4 rings (SSSR count). The molecule has 0 aliphatic heterocycles. The molecule has 2 aromatic carbocycles. The van der Waals surface area contributed by atoms with E-state index in [4.69, 9.17) is 0 Å². The fourth-order valence-electron chi connectivity index (χ4n) is 3.16. The van der Waals surface area contributed by atoms with Crippen molar-refractivity contribution in [3.8, 4) is 11.3 Å². The number of nitrogens with zero attached hydrogens (tertiary/aromatic N) is 1. The summed E-state index contributed by atoms with van der Waals surface area (Å²) in [5.41, 5.74) is 5.48. The molecule has 1 aromatic heterocycles. The van der Waals surface area contributed by atoms with E-state index in [1.165, 1.54) is 0 Å². The van der Waals surface area contributed by atoms with Crippen LogP contribution in [0.3, 0.4) is 0 Å². The quantitative estimate of drug-likeness (QED) is 0.526. The van der Waals surface area contributed by atoms with Crippen molar-refractivity contribution in [3.05, 3.63) is 53.1 Å². The van der Waals surface area contributed by atoms with Gasteiger partial charge in [-0.2, -0.15) is 5.10 Å². The van der Waals surface area contributed by atoms with Gasteiger partial charge in [0.1, 0.15) is 0 Å². The predicted octanol–water partition coefficient (Wildman–Crippen LogP) is 4.07. The number of hydrogen-bond donors (Lipinski definition) is 1. The Kier molecular flexibility index (Phi) is 2.24. The van der Waals surface area contributed by atoms with Gasteiger partial charge in [-0.25, -0.2) is 0 Å². The van der Waals surface area contributed by atoms with Crippen LogP contribution in [0.15, 0.2) is 36.4 Å². The van der Waals surface area contributed by atoms with Crippen LogP contribution in [-0.2, 0) is 5.41 Å². The van der Waals surface area contributed by atoms with Crippen LogP contribution in [0.5, 0.6) is 0 Å². The van der Waals surface area contributed by atoms with Crippen molar-refractivity contribution in [1.82, 2.24) is 10.2 Å². The minimum atomic E-state index is -0.00892. The van der Waals surface area contributed by atoms with Gasteiger partial charge in [-0.15, -0.1) is 0 Å². The molecule has 0 fully saturated rings. The first-order valence-corrected chi connectivity index (χ1v) is 7.14. The smallest absolute Gasteiger partial charge is 0.194 e.